The Bertz CT molecular complexity index is 634. The summed E-state index contributed by atoms with van der Waals surface area (Å²) in [5, 5.41) is 9.64. The van der Waals surface area contributed by atoms with Crippen LogP contribution in [0.25, 0.3) is 10.6 Å². The number of rotatable bonds is 2. The third-order valence-corrected chi connectivity index (χ3v) is 4.11. The van der Waals surface area contributed by atoms with E-state index in [0.29, 0.717) is 16.6 Å². The van der Waals surface area contributed by atoms with Crippen LogP contribution in [0.2, 0.25) is 0 Å². The summed E-state index contributed by atoms with van der Waals surface area (Å²) in [5.41, 5.74) is -1.04. The molecule has 1 aromatic carbocycles. The highest BCUT2D eigenvalue weighted by atomic mass is 32.1. The zero-order valence-electron chi connectivity index (χ0n) is 10.6. The highest BCUT2D eigenvalue weighted by molar-refractivity contribution is 7.15. The minimum Gasteiger partial charge on any atom is -0.388 e. The molecular weight excluding hydrogens is 294 g/mol. The van der Waals surface area contributed by atoms with E-state index in [9.17, 15) is 22.7 Å². The van der Waals surface area contributed by atoms with Crippen LogP contribution in [0.4, 0.5) is 17.6 Å². The molecule has 0 spiro atoms. The molecule has 0 aliphatic carbocycles. The standard InChI is InChI=1S/C13H11F4NOS/c1-6-11(7(2)19)20-12(18-6)8-4-3-5-9(10(8)14)13(15,16)17/h3-5,7,19H,1-2H3. The molecule has 2 aromatic rings. The summed E-state index contributed by atoms with van der Waals surface area (Å²) < 4.78 is 52.0. The Morgan fingerprint density at radius 1 is 1.30 bits per heavy atom. The van der Waals surface area contributed by atoms with Crippen molar-refractivity contribution in [2.45, 2.75) is 26.1 Å². The van der Waals surface area contributed by atoms with Gasteiger partial charge in [-0.25, -0.2) is 9.37 Å². The van der Waals surface area contributed by atoms with Gasteiger partial charge in [-0.15, -0.1) is 11.3 Å². The molecule has 0 radical (unpaired) electrons. The number of alkyl halides is 3. The Kier molecular flexibility index (Phi) is 3.84. The van der Waals surface area contributed by atoms with Gasteiger partial charge < -0.3 is 5.11 Å². The fourth-order valence-electron chi connectivity index (χ4n) is 1.83. The van der Waals surface area contributed by atoms with Crippen molar-refractivity contribution in [3.63, 3.8) is 0 Å². The minimum atomic E-state index is -4.75. The first-order chi connectivity index (χ1) is 9.21. The van der Waals surface area contributed by atoms with Crippen LogP contribution in [0, 0.1) is 12.7 Å². The van der Waals surface area contributed by atoms with Crippen LogP contribution in [-0.4, -0.2) is 10.1 Å². The van der Waals surface area contributed by atoms with Crippen LogP contribution in [0.3, 0.4) is 0 Å². The van der Waals surface area contributed by atoms with Crippen LogP contribution in [0.15, 0.2) is 18.2 Å². The molecular formula is C13H11F4NOS. The number of hydrogen-bond acceptors (Lipinski definition) is 3. The lowest BCUT2D eigenvalue weighted by Crippen LogP contribution is -2.08. The van der Waals surface area contributed by atoms with E-state index in [2.05, 4.69) is 4.98 Å². The van der Waals surface area contributed by atoms with E-state index >= 15 is 0 Å². The first-order valence-corrected chi connectivity index (χ1v) is 6.55. The molecule has 108 valence electrons. The average molecular weight is 305 g/mol. The molecule has 1 heterocycles. The number of hydrogen-bond donors (Lipinski definition) is 1. The number of thiazole rings is 1. The minimum absolute atomic E-state index is 0.127. The normalized spacial score (nSPS) is 13.6. The van der Waals surface area contributed by atoms with Gasteiger partial charge in [-0.05, 0) is 26.0 Å². The number of halogens is 4. The topological polar surface area (TPSA) is 33.1 Å². The number of aromatic nitrogens is 1. The van der Waals surface area contributed by atoms with Crippen molar-refractivity contribution in [3.8, 4) is 10.6 Å². The van der Waals surface area contributed by atoms with Crippen molar-refractivity contribution >= 4 is 11.3 Å². The van der Waals surface area contributed by atoms with Gasteiger partial charge in [0.1, 0.15) is 10.8 Å². The maximum atomic E-state index is 14.0. The first-order valence-electron chi connectivity index (χ1n) is 5.73. The maximum absolute atomic E-state index is 14.0. The van der Waals surface area contributed by atoms with E-state index in [4.69, 9.17) is 0 Å². The molecule has 1 aromatic heterocycles. The molecule has 2 nitrogen and oxygen atoms in total. The third-order valence-electron chi connectivity index (χ3n) is 2.75. The Morgan fingerprint density at radius 2 is 1.95 bits per heavy atom. The number of aliphatic hydroxyl groups excluding tert-OH is 1. The molecule has 1 N–H and O–H groups in total. The summed E-state index contributed by atoms with van der Waals surface area (Å²) in [4.78, 5) is 4.55. The van der Waals surface area contributed by atoms with Crippen LogP contribution >= 0.6 is 11.3 Å². The Balaban J connectivity index is 2.57. The van der Waals surface area contributed by atoms with Crippen LogP contribution in [0.5, 0.6) is 0 Å². The second-order valence-electron chi connectivity index (χ2n) is 4.31. The van der Waals surface area contributed by atoms with Crippen LogP contribution in [0.1, 0.15) is 29.2 Å². The molecule has 0 aliphatic rings. The Labute approximate surface area is 116 Å². The smallest absolute Gasteiger partial charge is 0.388 e. The van der Waals surface area contributed by atoms with E-state index in [-0.39, 0.29) is 10.6 Å². The molecule has 0 saturated carbocycles. The molecule has 1 unspecified atom stereocenters. The van der Waals surface area contributed by atoms with E-state index in [0.717, 1.165) is 17.4 Å². The molecule has 20 heavy (non-hydrogen) atoms. The first kappa shape index (κ1) is 14.9. The molecule has 1 atom stereocenters. The molecule has 0 amide bonds. The monoisotopic (exact) mass is 305 g/mol. The lowest BCUT2D eigenvalue weighted by Gasteiger charge is -2.09. The predicted octanol–water partition coefficient (Wildman–Crippen LogP) is 4.33. The van der Waals surface area contributed by atoms with Crippen molar-refractivity contribution < 1.29 is 22.7 Å². The molecule has 7 heteroatoms. The highest BCUT2D eigenvalue weighted by Gasteiger charge is 2.35. The lowest BCUT2D eigenvalue weighted by molar-refractivity contribution is -0.139. The quantitative estimate of drug-likeness (QED) is 0.838. The fourth-order valence-corrected chi connectivity index (χ4v) is 2.85. The second kappa shape index (κ2) is 5.14. The van der Waals surface area contributed by atoms with E-state index in [1.807, 2.05) is 0 Å². The lowest BCUT2D eigenvalue weighted by atomic mass is 10.1. The molecule has 0 saturated heterocycles. The van der Waals surface area contributed by atoms with Gasteiger partial charge in [0.05, 0.1) is 22.2 Å². The van der Waals surface area contributed by atoms with Gasteiger partial charge in [0.25, 0.3) is 0 Å². The van der Waals surface area contributed by atoms with E-state index < -0.39 is 23.7 Å². The molecule has 2 rings (SSSR count). The van der Waals surface area contributed by atoms with E-state index in [1.54, 1.807) is 6.92 Å². The summed E-state index contributed by atoms with van der Waals surface area (Å²) in [5.74, 6) is -1.34. The highest BCUT2D eigenvalue weighted by Crippen LogP contribution is 2.38. The van der Waals surface area contributed by atoms with Gasteiger partial charge in [-0.2, -0.15) is 13.2 Å². The third kappa shape index (κ3) is 2.69. The zero-order chi connectivity index (χ0) is 15.1. The Morgan fingerprint density at radius 3 is 2.45 bits per heavy atom. The number of aliphatic hydroxyl groups is 1. The van der Waals surface area contributed by atoms with Gasteiger partial charge in [-0.3, -0.25) is 0 Å². The zero-order valence-corrected chi connectivity index (χ0v) is 11.4. The predicted molar refractivity (Wildman–Crippen MR) is 67.9 cm³/mol. The fraction of sp³-hybridized carbons (Fsp3) is 0.308. The SMILES string of the molecule is Cc1nc(-c2cccc(C(F)(F)F)c2F)sc1C(C)O. The van der Waals surface area contributed by atoms with Gasteiger partial charge in [0.2, 0.25) is 0 Å². The number of benzene rings is 1. The van der Waals surface area contributed by atoms with Gasteiger partial charge in [0.15, 0.2) is 0 Å². The number of nitrogens with zero attached hydrogens (tertiary/aromatic N) is 1. The summed E-state index contributed by atoms with van der Waals surface area (Å²) in [6, 6.07) is 3.07. The van der Waals surface area contributed by atoms with E-state index in [1.165, 1.54) is 13.0 Å². The summed E-state index contributed by atoms with van der Waals surface area (Å²) in [6.07, 6.45) is -5.55. The molecule has 0 bridgehead atoms. The van der Waals surface area contributed by atoms with Crippen molar-refractivity contribution in [1.29, 1.82) is 0 Å². The largest absolute Gasteiger partial charge is 0.419 e. The molecule has 0 aliphatic heterocycles. The van der Waals surface area contributed by atoms with Crippen LogP contribution in [-0.2, 0) is 6.18 Å². The van der Waals surface area contributed by atoms with Crippen molar-refractivity contribution in [3.05, 3.63) is 40.2 Å². The van der Waals surface area contributed by atoms with Crippen LogP contribution < -0.4 is 0 Å². The van der Waals surface area contributed by atoms with Crippen molar-refractivity contribution in [2.75, 3.05) is 0 Å². The Hall–Kier alpha value is -1.47. The number of aryl methyl sites for hydroxylation is 1. The summed E-state index contributed by atoms with van der Waals surface area (Å²) >= 11 is 0.986. The van der Waals surface area contributed by atoms with Gasteiger partial charge in [-0.1, -0.05) is 6.07 Å². The van der Waals surface area contributed by atoms with Gasteiger partial charge >= 0.3 is 6.18 Å². The molecule has 0 fully saturated rings. The maximum Gasteiger partial charge on any atom is 0.419 e. The van der Waals surface area contributed by atoms with Crippen molar-refractivity contribution in [2.24, 2.45) is 0 Å². The second-order valence-corrected chi connectivity index (χ2v) is 5.34. The summed E-state index contributed by atoms with van der Waals surface area (Å²) in [7, 11) is 0. The average Bonchev–Trinajstić information content (AvgIpc) is 2.70. The summed E-state index contributed by atoms with van der Waals surface area (Å²) in [6.45, 7) is 3.14. The van der Waals surface area contributed by atoms with Gasteiger partial charge in [0, 0.05) is 5.56 Å². The van der Waals surface area contributed by atoms with Crippen molar-refractivity contribution in [1.82, 2.24) is 4.98 Å².